The van der Waals surface area contributed by atoms with Crippen molar-refractivity contribution in [3.63, 3.8) is 0 Å². The summed E-state index contributed by atoms with van der Waals surface area (Å²) in [6.45, 7) is 4.93. The van der Waals surface area contributed by atoms with Crippen molar-refractivity contribution in [3.05, 3.63) is 35.4 Å². The smallest absolute Gasteiger partial charge is 0.194 e. The Hall–Kier alpha value is -1.51. The molecular formula is C12H17N3. The summed E-state index contributed by atoms with van der Waals surface area (Å²) in [5.74, 6) is 1.01. The van der Waals surface area contributed by atoms with E-state index in [-0.39, 0.29) is 0 Å². The summed E-state index contributed by atoms with van der Waals surface area (Å²) in [7, 11) is 2.07. The molecule has 1 aromatic carbocycles. The van der Waals surface area contributed by atoms with Crippen LogP contribution in [0, 0.1) is 6.92 Å². The number of guanidine groups is 1. The van der Waals surface area contributed by atoms with Crippen molar-refractivity contribution in [2.24, 2.45) is 4.99 Å². The zero-order valence-corrected chi connectivity index (χ0v) is 9.33. The van der Waals surface area contributed by atoms with Crippen molar-refractivity contribution in [2.45, 2.75) is 13.5 Å². The van der Waals surface area contributed by atoms with Crippen molar-refractivity contribution in [1.82, 2.24) is 10.2 Å². The molecule has 1 aromatic rings. The predicted octanol–water partition coefficient (Wildman–Crippen LogP) is 1.39. The lowest BCUT2D eigenvalue weighted by Gasteiger charge is -2.15. The summed E-state index contributed by atoms with van der Waals surface area (Å²) in [4.78, 5) is 6.54. The van der Waals surface area contributed by atoms with Crippen LogP contribution in [0.25, 0.3) is 0 Å². The van der Waals surface area contributed by atoms with E-state index in [9.17, 15) is 0 Å². The standard InChI is InChI=1S/C12H17N3/c1-10-5-3-4-6-11(10)9-14-12-13-7-8-15(12)2/h3-6H,7-9H2,1-2H3,(H,13,14). The van der Waals surface area contributed by atoms with Gasteiger partial charge >= 0.3 is 0 Å². The van der Waals surface area contributed by atoms with E-state index in [1.54, 1.807) is 0 Å². The topological polar surface area (TPSA) is 27.6 Å². The molecule has 0 saturated carbocycles. The number of nitrogens with one attached hydrogen (secondary N) is 1. The molecule has 3 heteroatoms. The van der Waals surface area contributed by atoms with Crippen LogP contribution in [0.5, 0.6) is 0 Å². The van der Waals surface area contributed by atoms with Gasteiger partial charge in [0.25, 0.3) is 0 Å². The zero-order valence-electron chi connectivity index (χ0n) is 9.33. The minimum absolute atomic E-state index is 0.857. The molecule has 0 bridgehead atoms. The van der Waals surface area contributed by atoms with Crippen LogP contribution in [0.2, 0.25) is 0 Å². The summed E-state index contributed by atoms with van der Waals surface area (Å²) in [6, 6.07) is 8.43. The highest BCUT2D eigenvalue weighted by Crippen LogP contribution is 2.06. The Morgan fingerprint density at radius 1 is 1.40 bits per heavy atom. The normalized spacial score (nSPS) is 15.3. The number of benzene rings is 1. The fraction of sp³-hybridized carbons (Fsp3) is 0.417. The number of aliphatic imine (C=N–C) groups is 1. The molecule has 1 N–H and O–H groups in total. The summed E-state index contributed by atoms with van der Waals surface area (Å²) >= 11 is 0. The molecule has 1 heterocycles. The Labute approximate surface area is 90.8 Å². The van der Waals surface area contributed by atoms with Crippen LogP contribution in [0.4, 0.5) is 0 Å². The Balaban J connectivity index is 1.96. The van der Waals surface area contributed by atoms with E-state index >= 15 is 0 Å². The summed E-state index contributed by atoms with van der Waals surface area (Å²) in [5, 5.41) is 3.36. The first kappa shape index (κ1) is 10.0. The first-order valence-electron chi connectivity index (χ1n) is 5.31. The van der Waals surface area contributed by atoms with Crippen LogP contribution in [-0.2, 0) is 6.54 Å². The SMILES string of the molecule is Cc1ccccc1CNC1=NCCN1C. The van der Waals surface area contributed by atoms with Crippen LogP contribution < -0.4 is 5.32 Å². The van der Waals surface area contributed by atoms with Crippen LogP contribution in [0.15, 0.2) is 29.3 Å². The molecule has 0 saturated heterocycles. The molecule has 1 aliphatic heterocycles. The first-order valence-corrected chi connectivity index (χ1v) is 5.31. The van der Waals surface area contributed by atoms with Gasteiger partial charge in [-0.1, -0.05) is 24.3 Å². The van der Waals surface area contributed by atoms with Gasteiger partial charge in [0.15, 0.2) is 5.96 Å². The van der Waals surface area contributed by atoms with E-state index in [2.05, 4.69) is 53.4 Å². The molecule has 80 valence electrons. The third kappa shape index (κ3) is 2.29. The molecular weight excluding hydrogens is 186 g/mol. The quantitative estimate of drug-likeness (QED) is 0.786. The van der Waals surface area contributed by atoms with Gasteiger partial charge in [0.05, 0.1) is 6.54 Å². The second kappa shape index (κ2) is 4.34. The maximum Gasteiger partial charge on any atom is 0.194 e. The molecule has 3 nitrogen and oxygen atoms in total. The second-order valence-electron chi connectivity index (χ2n) is 3.91. The molecule has 0 fully saturated rings. The Morgan fingerprint density at radius 3 is 2.87 bits per heavy atom. The van der Waals surface area contributed by atoms with Gasteiger partial charge in [-0.3, -0.25) is 4.99 Å². The van der Waals surface area contributed by atoms with Crippen LogP contribution in [0.3, 0.4) is 0 Å². The Kier molecular flexibility index (Phi) is 2.90. The monoisotopic (exact) mass is 203 g/mol. The minimum atomic E-state index is 0.857. The molecule has 2 rings (SSSR count). The summed E-state index contributed by atoms with van der Waals surface area (Å²) in [5.41, 5.74) is 2.66. The van der Waals surface area contributed by atoms with Gasteiger partial charge in [-0.05, 0) is 18.1 Å². The predicted molar refractivity (Wildman–Crippen MR) is 63.0 cm³/mol. The van der Waals surface area contributed by atoms with Gasteiger partial charge < -0.3 is 10.2 Å². The summed E-state index contributed by atoms with van der Waals surface area (Å²) < 4.78 is 0. The van der Waals surface area contributed by atoms with Gasteiger partial charge in [0, 0.05) is 20.1 Å². The highest BCUT2D eigenvalue weighted by atomic mass is 15.3. The number of hydrogen-bond donors (Lipinski definition) is 1. The van der Waals surface area contributed by atoms with Gasteiger partial charge in [0.1, 0.15) is 0 Å². The third-order valence-electron chi connectivity index (χ3n) is 2.76. The van der Waals surface area contributed by atoms with Gasteiger partial charge in [0.2, 0.25) is 0 Å². The van der Waals surface area contributed by atoms with Crippen LogP contribution >= 0.6 is 0 Å². The van der Waals surface area contributed by atoms with Crippen molar-refractivity contribution >= 4 is 5.96 Å². The lowest BCUT2D eigenvalue weighted by Crippen LogP contribution is -2.35. The van der Waals surface area contributed by atoms with Crippen molar-refractivity contribution < 1.29 is 0 Å². The molecule has 0 radical (unpaired) electrons. The molecule has 0 unspecified atom stereocenters. The fourth-order valence-electron chi connectivity index (χ4n) is 1.71. The van der Waals surface area contributed by atoms with Gasteiger partial charge in [-0.2, -0.15) is 0 Å². The van der Waals surface area contributed by atoms with Crippen molar-refractivity contribution in [1.29, 1.82) is 0 Å². The molecule has 0 aliphatic carbocycles. The van der Waals surface area contributed by atoms with E-state index in [0.29, 0.717) is 0 Å². The van der Waals surface area contributed by atoms with Crippen molar-refractivity contribution in [3.8, 4) is 0 Å². The van der Waals surface area contributed by atoms with E-state index in [1.807, 2.05) is 0 Å². The van der Waals surface area contributed by atoms with E-state index in [1.165, 1.54) is 11.1 Å². The number of nitrogens with zero attached hydrogens (tertiary/aromatic N) is 2. The zero-order chi connectivity index (χ0) is 10.7. The largest absolute Gasteiger partial charge is 0.352 e. The van der Waals surface area contributed by atoms with Crippen molar-refractivity contribution in [2.75, 3.05) is 20.1 Å². The molecule has 0 spiro atoms. The molecule has 15 heavy (non-hydrogen) atoms. The summed E-state index contributed by atoms with van der Waals surface area (Å²) in [6.07, 6.45) is 0. The lowest BCUT2D eigenvalue weighted by molar-refractivity contribution is 0.534. The van der Waals surface area contributed by atoms with E-state index < -0.39 is 0 Å². The molecule has 1 aliphatic rings. The average Bonchev–Trinajstić information content (AvgIpc) is 2.63. The first-order chi connectivity index (χ1) is 7.27. The van der Waals surface area contributed by atoms with Crippen LogP contribution in [-0.4, -0.2) is 31.0 Å². The number of hydrogen-bond acceptors (Lipinski definition) is 3. The Morgan fingerprint density at radius 2 is 2.20 bits per heavy atom. The number of rotatable bonds is 2. The van der Waals surface area contributed by atoms with Crippen LogP contribution in [0.1, 0.15) is 11.1 Å². The Bertz CT molecular complexity index is 371. The van der Waals surface area contributed by atoms with Gasteiger partial charge in [-0.15, -0.1) is 0 Å². The number of likely N-dealkylation sites (N-methyl/N-ethyl adjacent to an activating group) is 1. The highest BCUT2D eigenvalue weighted by molar-refractivity contribution is 5.81. The third-order valence-corrected chi connectivity index (χ3v) is 2.76. The molecule has 0 atom stereocenters. The minimum Gasteiger partial charge on any atom is -0.352 e. The molecule has 0 amide bonds. The maximum absolute atomic E-state index is 4.39. The highest BCUT2D eigenvalue weighted by Gasteiger charge is 2.11. The number of aryl methyl sites for hydroxylation is 1. The second-order valence-corrected chi connectivity index (χ2v) is 3.91. The lowest BCUT2D eigenvalue weighted by atomic mass is 10.1. The maximum atomic E-state index is 4.39. The van der Waals surface area contributed by atoms with Gasteiger partial charge in [-0.25, -0.2) is 0 Å². The average molecular weight is 203 g/mol. The van der Waals surface area contributed by atoms with E-state index in [0.717, 1.165) is 25.6 Å². The fourth-order valence-corrected chi connectivity index (χ4v) is 1.71. The molecule has 0 aromatic heterocycles. The van der Waals surface area contributed by atoms with E-state index in [4.69, 9.17) is 0 Å².